The van der Waals surface area contributed by atoms with Gasteiger partial charge in [0, 0.05) is 20.8 Å². The number of rotatable bonds is 0. The zero-order chi connectivity index (χ0) is 21.6. The van der Waals surface area contributed by atoms with Crippen molar-refractivity contribution in [2.75, 3.05) is 0 Å². The Morgan fingerprint density at radius 1 is 0.360 bits per heavy atom. The van der Waals surface area contributed by atoms with Crippen LogP contribution in [0.5, 0.6) is 0 Å². The van der Waals surface area contributed by atoms with Crippen molar-refractivity contribution in [2.45, 2.75) is 119 Å². The van der Waals surface area contributed by atoms with E-state index in [1.54, 1.807) is 0 Å². The second kappa shape index (κ2) is 230. The van der Waals surface area contributed by atoms with Gasteiger partial charge in [-0.25, -0.2) is 0 Å². The van der Waals surface area contributed by atoms with Crippen molar-refractivity contribution in [3.63, 3.8) is 0 Å². The first-order valence-corrected chi connectivity index (χ1v) is 23.9. The summed E-state index contributed by atoms with van der Waals surface area (Å²) in [6.45, 7) is -3.44. The second-order valence-electron chi connectivity index (χ2n) is 1.45. The molecule has 16 radical (unpaired) electrons. The molecule has 0 saturated heterocycles. The molecule has 0 aromatic carbocycles. The molecule has 0 atom stereocenters. The van der Waals surface area contributed by atoms with Crippen LogP contribution in [0.1, 0.15) is 119 Å². The first-order chi connectivity index (χ1) is 10.3. The summed E-state index contributed by atoms with van der Waals surface area (Å²) >= 11 is -4.30. The van der Waals surface area contributed by atoms with Gasteiger partial charge in [-0.1, -0.05) is 119 Å². The SMILES string of the molecule is C.C.C.C.C.C.C.C.C.C.C.C.C.C.C.C.O.O.O.O.O=S(=O)([O-])[O-].O=S(=O)([O-])[O-].O=[S](=O)=[Pb].O=[S](=O)=[Pb].[O]=[Pb]=[O].[O]=[Pb]=[O].[Pb+2].[Pb+2].[Pb+2].[Pb+2].[PbH2].[PbH2]. The van der Waals surface area contributed by atoms with E-state index in [9.17, 15) is 0 Å². The van der Waals surface area contributed by atoms with Gasteiger partial charge in [0.05, 0.1) is 0 Å². The summed E-state index contributed by atoms with van der Waals surface area (Å²) in [5.74, 6) is 0. The Labute approximate surface area is 486 Å². The Morgan fingerprint density at radius 3 is 0.360 bits per heavy atom. The quantitative estimate of drug-likeness (QED) is 0.138. The van der Waals surface area contributed by atoms with Crippen molar-refractivity contribution in [3.8, 4) is 0 Å². The van der Waals surface area contributed by atoms with Crippen molar-refractivity contribution in [3.05, 3.63) is 0 Å². The van der Waals surface area contributed by atoms with E-state index in [-0.39, 0.29) is 352 Å². The van der Waals surface area contributed by atoms with Gasteiger partial charge in [0.2, 0.25) is 0 Å². The van der Waals surface area contributed by atoms with Crippen LogP contribution in [0.15, 0.2) is 0 Å². The third kappa shape index (κ3) is 2850. The van der Waals surface area contributed by atoms with E-state index in [1.165, 1.54) is 0 Å². The number of hydrogen-bond acceptors (Lipinski definition) is 16. The van der Waals surface area contributed by atoms with E-state index >= 15 is 0 Å². The van der Waals surface area contributed by atoms with Crippen LogP contribution in [0.4, 0.5) is 0 Å². The van der Waals surface area contributed by atoms with E-state index in [4.69, 9.17) is 62.6 Å². The molecular formula is C16H76O20Pb10S4+4. The topological polar surface area (TPSA) is 423 Å². The third-order valence-electron chi connectivity index (χ3n) is 0. The predicted octanol–water partition coefficient (Wildman–Crippen LogP) is -2.49. The van der Waals surface area contributed by atoms with E-state index in [2.05, 4.69) is 0 Å². The van der Waals surface area contributed by atoms with Gasteiger partial charge in [-0.05, 0) is 0 Å². The molecule has 0 aromatic heterocycles. The molecule has 0 heterocycles. The van der Waals surface area contributed by atoms with Gasteiger partial charge in [0.1, 0.15) is 0 Å². The molecule has 20 nitrogen and oxygen atoms in total. The van der Waals surface area contributed by atoms with Gasteiger partial charge in [0.15, 0.2) is 0 Å². The van der Waals surface area contributed by atoms with Crippen LogP contribution in [0.2, 0.25) is 0 Å². The van der Waals surface area contributed by atoms with Crippen molar-refractivity contribution in [2.24, 2.45) is 0 Å². The molecule has 0 aliphatic carbocycles. The fraction of sp³-hybridized carbons (Fsp3) is 1.00. The summed E-state index contributed by atoms with van der Waals surface area (Å²) in [5, 5.41) is 0. The van der Waals surface area contributed by atoms with Crippen LogP contribution in [0.3, 0.4) is 0 Å². The van der Waals surface area contributed by atoms with Crippen LogP contribution in [-0.2, 0) is 45.0 Å². The molecule has 0 aliphatic heterocycles. The van der Waals surface area contributed by atoms with Gasteiger partial charge in [0.25, 0.3) is 0 Å². The van der Waals surface area contributed by atoms with Gasteiger partial charge < -0.3 is 40.1 Å². The minimum atomic E-state index is -5.17. The van der Waals surface area contributed by atoms with Crippen molar-refractivity contribution >= 4 is 294 Å². The van der Waals surface area contributed by atoms with Gasteiger partial charge in [-0.3, -0.25) is 16.8 Å². The van der Waals surface area contributed by atoms with Crippen LogP contribution >= 0.6 is 0 Å². The predicted molar refractivity (Wildman–Crippen MR) is 227 cm³/mol. The van der Waals surface area contributed by atoms with Crippen molar-refractivity contribution in [1.82, 2.24) is 0 Å². The second-order valence-corrected chi connectivity index (χ2v) is 13.1. The molecule has 0 saturated carbocycles. The molecule has 320 valence electrons. The molecule has 0 unspecified atom stereocenters. The molecule has 8 N–H and O–H groups in total. The van der Waals surface area contributed by atoms with Gasteiger partial charge >= 0.3 is 301 Å². The average Bonchev–Trinajstić information content (AvgIpc) is 2.10. The standard InChI is InChI=1S/16CH4.2H2O4S.2O2S.4H2O.4O.10Pb.4H/c;;;;;;;;;;;;;;;;2*1-5(2,3)4;2*1-3-2;;;;;;;;;;;;;;;;;;;;;;/h16*1H4;2*(H2,1,2,3,4);;;4*1H2;;;;;;;;;;;;;;;;;;/q;;;;;;;;;;;;;;;;;;;;;;;;;;;;;;;;;;4*+2;;;;/p-4. The van der Waals surface area contributed by atoms with E-state index in [0.717, 1.165) is 0 Å². The fourth-order valence-corrected chi connectivity index (χ4v) is 0. The summed E-state index contributed by atoms with van der Waals surface area (Å²) in [6, 6.07) is 0. The first-order valence-electron chi connectivity index (χ1n) is 3.22. The van der Waals surface area contributed by atoms with Crippen LogP contribution in [0, 0.1) is 0 Å². The average molecular weight is 2790 g/mol. The van der Waals surface area contributed by atoms with Gasteiger partial charge in [-0.15, -0.1) is 0 Å². The molecule has 0 aliphatic rings. The Bertz CT molecular complexity index is 723. The van der Waals surface area contributed by atoms with Gasteiger partial charge in [-0.2, -0.15) is 0 Å². The molecule has 0 bridgehead atoms. The van der Waals surface area contributed by atoms with Crippen LogP contribution in [0.25, 0.3) is 0 Å². The van der Waals surface area contributed by atoms with Crippen molar-refractivity contribution in [1.29, 1.82) is 0 Å². The summed E-state index contributed by atoms with van der Waals surface area (Å²) < 4.78 is 139. The summed E-state index contributed by atoms with van der Waals surface area (Å²) in [6.07, 6.45) is 0. The molecule has 0 fully saturated rings. The third-order valence-corrected chi connectivity index (χ3v) is 0. The molecule has 34 heteroatoms. The van der Waals surface area contributed by atoms with E-state index in [1.807, 2.05) is 0 Å². The monoisotopic (exact) mass is 2800 g/mol. The Balaban J connectivity index is -0.00000000236. The Hall–Kier alpha value is 7.64. The first kappa shape index (κ1) is 281. The summed E-state index contributed by atoms with van der Waals surface area (Å²) in [7, 11) is -10.3. The zero-order valence-corrected chi connectivity index (χ0v) is 60.9. The molecule has 50 heavy (non-hydrogen) atoms. The molecule has 0 aromatic rings. The fourth-order valence-electron chi connectivity index (χ4n) is 0. The number of hydrogen-bond donors (Lipinski definition) is 0. The molecule has 0 spiro atoms. The molecule has 0 rings (SSSR count). The minimum absolute atomic E-state index is 0. The van der Waals surface area contributed by atoms with E-state index in [0.29, 0.717) is 0 Å². The zero-order valence-electron chi connectivity index (χ0n) is 15.6. The maximum absolute atomic E-state index is 9.06. The normalized spacial score (nSPS) is 3.60. The van der Waals surface area contributed by atoms with Crippen LogP contribution < -0.4 is 0 Å². The van der Waals surface area contributed by atoms with Crippen molar-refractivity contribution < 1.29 is 84.5 Å². The Morgan fingerprint density at radius 2 is 0.360 bits per heavy atom. The maximum atomic E-state index is 9.06. The Kier molecular flexibility index (Phi) is 1290. The summed E-state index contributed by atoms with van der Waals surface area (Å²) in [4.78, 5) is 0. The summed E-state index contributed by atoms with van der Waals surface area (Å²) in [5.41, 5.74) is 0. The molecule has 0 amide bonds. The van der Waals surface area contributed by atoms with E-state index < -0.39 is 82.8 Å². The molecular weight excluding hydrogens is 2710 g/mol. The van der Waals surface area contributed by atoms with Crippen LogP contribution in [-0.4, -0.2) is 333 Å².